The van der Waals surface area contributed by atoms with Gasteiger partial charge in [-0.25, -0.2) is 4.79 Å². The van der Waals surface area contributed by atoms with E-state index in [1.165, 1.54) is 0 Å². The number of nitrogens with zero attached hydrogens (tertiary/aromatic N) is 1. The number of carbonyl (C=O) groups is 1. The van der Waals surface area contributed by atoms with Crippen LogP contribution in [0.5, 0.6) is 0 Å². The number of rotatable bonds is 4. The van der Waals surface area contributed by atoms with Crippen LogP contribution in [0.25, 0.3) is 0 Å². The molecule has 5 nitrogen and oxygen atoms in total. The average molecular weight is 229 g/mol. The van der Waals surface area contributed by atoms with Crippen LogP contribution in [0.4, 0.5) is 0 Å². The minimum Gasteiger partial charge on any atom is -0.479 e. The highest BCUT2D eigenvalue weighted by Crippen LogP contribution is 2.24. The molecule has 16 heavy (non-hydrogen) atoms. The van der Waals surface area contributed by atoms with Crippen molar-refractivity contribution in [1.29, 1.82) is 0 Å². The van der Waals surface area contributed by atoms with Crippen molar-refractivity contribution in [2.24, 2.45) is 0 Å². The molecule has 5 heteroatoms. The number of aliphatic carboxylic acids is 1. The molecule has 2 saturated heterocycles. The van der Waals surface area contributed by atoms with Gasteiger partial charge in [0.25, 0.3) is 0 Å². The quantitative estimate of drug-likeness (QED) is 0.714. The first-order valence-corrected chi connectivity index (χ1v) is 5.94. The number of aliphatic hydroxyl groups excluding tert-OH is 1. The molecule has 3 atom stereocenters. The van der Waals surface area contributed by atoms with Crippen LogP contribution in [-0.4, -0.2) is 59.0 Å². The monoisotopic (exact) mass is 229 g/mol. The summed E-state index contributed by atoms with van der Waals surface area (Å²) < 4.78 is 5.45. The van der Waals surface area contributed by atoms with E-state index in [1.54, 1.807) is 0 Å². The van der Waals surface area contributed by atoms with Crippen molar-refractivity contribution in [3.05, 3.63) is 0 Å². The molecule has 2 rings (SSSR count). The second-order valence-electron chi connectivity index (χ2n) is 4.64. The zero-order valence-electron chi connectivity index (χ0n) is 9.34. The fraction of sp³-hybridized carbons (Fsp3) is 0.909. The number of hydrogen-bond donors (Lipinski definition) is 2. The second kappa shape index (κ2) is 5.12. The molecular formula is C11H19NO4. The lowest BCUT2D eigenvalue weighted by Crippen LogP contribution is -2.38. The Labute approximate surface area is 95.0 Å². The van der Waals surface area contributed by atoms with Gasteiger partial charge in [-0.2, -0.15) is 0 Å². The largest absolute Gasteiger partial charge is 0.479 e. The maximum Gasteiger partial charge on any atom is 0.332 e. The Kier molecular flexibility index (Phi) is 3.78. The number of carboxylic acids is 1. The van der Waals surface area contributed by atoms with Crippen molar-refractivity contribution in [2.75, 3.05) is 19.7 Å². The Morgan fingerprint density at radius 1 is 1.38 bits per heavy atom. The van der Waals surface area contributed by atoms with Gasteiger partial charge < -0.3 is 14.9 Å². The highest BCUT2D eigenvalue weighted by Gasteiger charge is 2.33. The van der Waals surface area contributed by atoms with E-state index in [2.05, 4.69) is 4.90 Å². The first kappa shape index (κ1) is 11.8. The Morgan fingerprint density at radius 2 is 2.19 bits per heavy atom. The van der Waals surface area contributed by atoms with Gasteiger partial charge in [0, 0.05) is 12.6 Å². The van der Waals surface area contributed by atoms with Gasteiger partial charge in [0.1, 0.15) is 0 Å². The molecule has 0 spiro atoms. The molecule has 0 amide bonds. The predicted octanol–water partition coefficient (Wildman–Crippen LogP) is 0.0753. The molecule has 2 aliphatic rings. The van der Waals surface area contributed by atoms with Gasteiger partial charge in [0.2, 0.25) is 0 Å². The van der Waals surface area contributed by atoms with Crippen molar-refractivity contribution in [2.45, 2.75) is 43.9 Å². The van der Waals surface area contributed by atoms with Crippen molar-refractivity contribution >= 4 is 5.97 Å². The van der Waals surface area contributed by atoms with E-state index < -0.39 is 12.1 Å². The molecule has 3 unspecified atom stereocenters. The molecule has 0 aromatic rings. The number of carboxylic acid groups (broad SMARTS) is 1. The fourth-order valence-corrected chi connectivity index (χ4v) is 2.63. The third-order valence-corrected chi connectivity index (χ3v) is 3.53. The number of ether oxygens (including phenoxy) is 1. The smallest absolute Gasteiger partial charge is 0.332 e. The summed E-state index contributed by atoms with van der Waals surface area (Å²) in [5, 5.41) is 18.0. The van der Waals surface area contributed by atoms with Gasteiger partial charge in [-0.3, -0.25) is 4.90 Å². The van der Waals surface area contributed by atoms with Crippen molar-refractivity contribution < 1.29 is 19.7 Å². The van der Waals surface area contributed by atoms with Gasteiger partial charge in [-0.05, 0) is 32.2 Å². The van der Waals surface area contributed by atoms with Crippen LogP contribution in [0.3, 0.4) is 0 Å². The lowest BCUT2D eigenvalue weighted by atomic mass is 10.2. The van der Waals surface area contributed by atoms with Crippen LogP contribution < -0.4 is 0 Å². The Hall–Kier alpha value is -0.650. The summed E-state index contributed by atoms with van der Waals surface area (Å²) in [7, 11) is 0. The average Bonchev–Trinajstić information content (AvgIpc) is 2.87. The molecule has 0 saturated carbocycles. The second-order valence-corrected chi connectivity index (χ2v) is 4.64. The highest BCUT2D eigenvalue weighted by molar-refractivity contribution is 5.72. The molecule has 0 radical (unpaired) electrons. The summed E-state index contributed by atoms with van der Waals surface area (Å²) in [4.78, 5) is 12.9. The molecule has 2 fully saturated rings. The maximum absolute atomic E-state index is 10.7. The van der Waals surface area contributed by atoms with Crippen molar-refractivity contribution in [3.63, 3.8) is 0 Å². The lowest BCUT2D eigenvalue weighted by Gasteiger charge is -2.25. The number of hydrogen-bond acceptors (Lipinski definition) is 4. The van der Waals surface area contributed by atoms with E-state index in [-0.39, 0.29) is 18.8 Å². The molecule has 0 aromatic carbocycles. The van der Waals surface area contributed by atoms with Crippen LogP contribution in [-0.2, 0) is 9.53 Å². The minimum absolute atomic E-state index is 0.0215. The first-order chi connectivity index (χ1) is 7.70. The van der Waals surface area contributed by atoms with Crippen LogP contribution in [0.2, 0.25) is 0 Å². The summed E-state index contributed by atoms with van der Waals surface area (Å²) in [6.45, 7) is 1.94. The standard InChI is InChI=1S/C11H19NO4/c13-7-8-2-1-5-12(8)6-9-3-4-10(16-9)11(14)15/h8-10,13H,1-7H2,(H,14,15). The van der Waals surface area contributed by atoms with E-state index in [0.29, 0.717) is 6.42 Å². The van der Waals surface area contributed by atoms with E-state index in [9.17, 15) is 9.90 Å². The van der Waals surface area contributed by atoms with Crippen LogP contribution >= 0.6 is 0 Å². The molecule has 2 N–H and O–H groups in total. The van der Waals surface area contributed by atoms with Gasteiger partial charge in [0.15, 0.2) is 6.10 Å². The topological polar surface area (TPSA) is 70.0 Å². The van der Waals surface area contributed by atoms with E-state index in [1.807, 2.05) is 0 Å². The van der Waals surface area contributed by atoms with Gasteiger partial charge in [-0.1, -0.05) is 0 Å². The van der Waals surface area contributed by atoms with Crippen molar-refractivity contribution in [1.82, 2.24) is 4.90 Å². The SMILES string of the molecule is O=C(O)C1CCC(CN2CCCC2CO)O1. The van der Waals surface area contributed by atoms with Gasteiger partial charge in [0.05, 0.1) is 12.7 Å². The molecule has 0 aliphatic carbocycles. The molecule has 0 bridgehead atoms. The summed E-state index contributed by atoms with van der Waals surface area (Å²) in [5.41, 5.74) is 0. The van der Waals surface area contributed by atoms with E-state index in [4.69, 9.17) is 9.84 Å². The third-order valence-electron chi connectivity index (χ3n) is 3.53. The number of likely N-dealkylation sites (tertiary alicyclic amines) is 1. The normalized spacial score (nSPS) is 35.7. The molecule has 0 aromatic heterocycles. The predicted molar refractivity (Wildman–Crippen MR) is 57.2 cm³/mol. The van der Waals surface area contributed by atoms with E-state index in [0.717, 1.165) is 32.4 Å². The number of aliphatic hydroxyl groups is 1. The third kappa shape index (κ3) is 2.53. The highest BCUT2D eigenvalue weighted by atomic mass is 16.5. The van der Waals surface area contributed by atoms with Crippen LogP contribution in [0.15, 0.2) is 0 Å². The van der Waals surface area contributed by atoms with Gasteiger partial charge in [-0.15, -0.1) is 0 Å². The van der Waals surface area contributed by atoms with Gasteiger partial charge >= 0.3 is 5.97 Å². The minimum atomic E-state index is -0.859. The molecule has 2 aliphatic heterocycles. The summed E-state index contributed by atoms with van der Waals surface area (Å²) in [5.74, 6) is -0.859. The van der Waals surface area contributed by atoms with E-state index >= 15 is 0 Å². The maximum atomic E-state index is 10.7. The Bertz CT molecular complexity index is 258. The zero-order valence-corrected chi connectivity index (χ0v) is 9.34. The summed E-state index contributed by atoms with van der Waals surface area (Å²) in [6, 6.07) is 0.243. The molecular weight excluding hydrogens is 210 g/mol. The summed E-state index contributed by atoms with van der Waals surface area (Å²) in [6.07, 6.45) is 2.96. The molecule has 92 valence electrons. The Balaban J connectivity index is 1.80. The van der Waals surface area contributed by atoms with Crippen molar-refractivity contribution in [3.8, 4) is 0 Å². The first-order valence-electron chi connectivity index (χ1n) is 5.94. The zero-order chi connectivity index (χ0) is 11.5. The fourth-order valence-electron chi connectivity index (χ4n) is 2.63. The molecule has 2 heterocycles. The van der Waals surface area contributed by atoms with Crippen LogP contribution in [0.1, 0.15) is 25.7 Å². The Morgan fingerprint density at radius 3 is 2.81 bits per heavy atom. The van der Waals surface area contributed by atoms with Crippen LogP contribution in [0, 0.1) is 0 Å². The lowest BCUT2D eigenvalue weighted by molar-refractivity contribution is -0.149. The summed E-state index contributed by atoms with van der Waals surface area (Å²) >= 11 is 0.